The van der Waals surface area contributed by atoms with Crippen molar-refractivity contribution in [3.05, 3.63) is 34.5 Å². The molecule has 0 unspecified atom stereocenters. The third-order valence-corrected chi connectivity index (χ3v) is 5.64. The number of fused-ring (bicyclic) bond motifs is 3. The van der Waals surface area contributed by atoms with E-state index in [2.05, 4.69) is 20.6 Å². The smallest absolute Gasteiger partial charge is 0.221 e. The fourth-order valence-electron chi connectivity index (χ4n) is 3.40. The number of thiophene rings is 1. The van der Waals surface area contributed by atoms with Gasteiger partial charge in [0.25, 0.3) is 0 Å². The lowest BCUT2D eigenvalue weighted by molar-refractivity contribution is -0.114. The molecule has 2 heterocycles. The van der Waals surface area contributed by atoms with Crippen LogP contribution in [0.3, 0.4) is 0 Å². The highest BCUT2D eigenvalue weighted by molar-refractivity contribution is 7.19. The number of benzene rings is 1. The van der Waals surface area contributed by atoms with E-state index in [0.717, 1.165) is 40.4 Å². The van der Waals surface area contributed by atoms with E-state index < -0.39 is 0 Å². The van der Waals surface area contributed by atoms with Crippen LogP contribution in [0.15, 0.2) is 18.2 Å². The van der Waals surface area contributed by atoms with E-state index in [1.165, 1.54) is 23.8 Å². The second-order valence-electron chi connectivity index (χ2n) is 6.38. The average molecular weight is 368 g/mol. The van der Waals surface area contributed by atoms with E-state index in [1.807, 2.05) is 25.1 Å². The molecule has 2 aromatic heterocycles. The minimum absolute atomic E-state index is 0.142. The van der Waals surface area contributed by atoms with Gasteiger partial charge < -0.3 is 15.4 Å². The number of amides is 1. The highest BCUT2D eigenvalue weighted by Gasteiger charge is 2.22. The minimum atomic E-state index is -0.142. The van der Waals surface area contributed by atoms with Crippen molar-refractivity contribution in [2.45, 2.75) is 33.1 Å². The first kappa shape index (κ1) is 16.8. The molecule has 7 heteroatoms. The molecule has 0 saturated carbocycles. The number of hydrogen-bond acceptors (Lipinski definition) is 6. The van der Waals surface area contributed by atoms with Gasteiger partial charge in [-0.3, -0.25) is 4.79 Å². The third-order valence-electron chi connectivity index (χ3n) is 4.45. The maximum atomic E-state index is 11.5. The van der Waals surface area contributed by atoms with Crippen molar-refractivity contribution in [2.75, 3.05) is 17.7 Å². The molecule has 0 spiro atoms. The molecular formula is C19H20N4O2S. The number of carbonyl (C=O) groups is 1. The van der Waals surface area contributed by atoms with Crippen LogP contribution in [0.1, 0.15) is 29.6 Å². The van der Waals surface area contributed by atoms with E-state index in [0.29, 0.717) is 11.4 Å². The van der Waals surface area contributed by atoms with Gasteiger partial charge in [0.2, 0.25) is 5.91 Å². The number of anilines is 3. The lowest BCUT2D eigenvalue weighted by Crippen LogP contribution is -2.07. The van der Waals surface area contributed by atoms with Gasteiger partial charge in [-0.1, -0.05) is 0 Å². The van der Waals surface area contributed by atoms with Crippen LogP contribution in [0.4, 0.5) is 17.2 Å². The SMILES string of the molecule is COc1ccc(Nc2nc(C)nc3sc4c(c23)CCC4)cc1NC(C)=O. The van der Waals surface area contributed by atoms with Crippen LogP contribution in [0, 0.1) is 6.92 Å². The summed E-state index contributed by atoms with van der Waals surface area (Å²) in [5.74, 6) is 2.05. The summed E-state index contributed by atoms with van der Waals surface area (Å²) in [4.78, 5) is 23.2. The zero-order valence-electron chi connectivity index (χ0n) is 15.0. The Morgan fingerprint density at radius 3 is 2.88 bits per heavy atom. The number of nitrogens with zero attached hydrogens (tertiary/aromatic N) is 2. The summed E-state index contributed by atoms with van der Waals surface area (Å²) in [6.07, 6.45) is 3.40. The highest BCUT2D eigenvalue weighted by Crippen LogP contribution is 2.40. The van der Waals surface area contributed by atoms with Gasteiger partial charge in [0.05, 0.1) is 18.2 Å². The van der Waals surface area contributed by atoms with Gasteiger partial charge in [0.1, 0.15) is 22.2 Å². The van der Waals surface area contributed by atoms with Crippen LogP contribution >= 0.6 is 11.3 Å². The van der Waals surface area contributed by atoms with Gasteiger partial charge >= 0.3 is 0 Å². The van der Waals surface area contributed by atoms with Gasteiger partial charge in [0, 0.05) is 17.5 Å². The normalized spacial score (nSPS) is 12.9. The maximum absolute atomic E-state index is 11.5. The Bertz CT molecular complexity index is 1010. The van der Waals surface area contributed by atoms with Crippen molar-refractivity contribution < 1.29 is 9.53 Å². The molecule has 0 saturated heterocycles. The molecule has 1 aliphatic carbocycles. The monoisotopic (exact) mass is 368 g/mol. The first-order valence-corrected chi connectivity index (χ1v) is 9.38. The quantitative estimate of drug-likeness (QED) is 0.722. The van der Waals surface area contributed by atoms with Crippen LogP contribution in [-0.2, 0) is 17.6 Å². The Morgan fingerprint density at radius 2 is 2.12 bits per heavy atom. The summed E-state index contributed by atoms with van der Waals surface area (Å²) in [6, 6.07) is 5.60. The highest BCUT2D eigenvalue weighted by atomic mass is 32.1. The Morgan fingerprint density at radius 1 is 1.27 bits per heavy atom. The molecule has 134 valence electrons. The van der Waals surface area contributed by atoms with Crippen molar-refractivity contribution in [3.8, 4) is 5.75 Å². The molecule has 2 N–H and O–H groups in total. The average Bonchev–Trinajstić information content (AvgIpc) is 3.14. The Labute approximate surface area is 155 Å². The summed E-state index contributed by atoms with van der Waals surface area (Å²) in [7, 11) is 1.58. The van der Waals surface area contributed by atoms with Crippen molar-refractivity contribution in [1.29, 1.82) is 0 Å². The van der Waals surface area contributed by atoms with Crippen LogP contribution in [0.25, 0.3) is 10.2 Å². The first-order chi connectivity index (χ1) is 12.5. The predicted molar refractivity (Wildman–Crippen MR) is 105 cm³/mol. The zero-order valence-corrected chi connectivity index (χ0v) is 15.8. The van der Waals surface area contributed by atoms with Crippen molar-refractivity contribution in [1.82, 2.24) is 9.97 Å². The molecule has 1 aliphatic rings. The van der Waals surface area contributed by atoms with E-state index in [9.17, 15) is 4.79 Å². The van der Waals surface area contributed by atoms with Gasteiger partial charge in [0.15, 0.2) is 0 Å². The Balaban J connectivity index is 1.77. The number of ether oxygens (including phenoxy) is 1. The first-order valence-electron chi connectivity index (χ1n) is 8.56. The van der Waals surface area contributed by atoms with Crippen LogP contribution < -0.4 is 15.4 Å². The molecule has 0 radical (unpaired) electrons. The van der Waals surface area contributed by atoms with Gasteiger partial charge in [-0.05, 0) is 49.9 Å². The van der Waals surface area contributed by atoms with E-state index in [4.69, 9.17) is 4.74 Å². The second kappa shape index (κ2) is 6.57. The number of hydrogen-bond donors (Lipinski definition) is 2. The number of aromatic nitrogens is 2. The van der Waals surface area contributed by atoms with Crippen LogP contribution in [0.5, 0.6) is 5.75 Å². The number of aryl methyl sites for hydroxylation is 3. The standard InChI is InChI=1S/C19H20N4O2S/c1-10-20-18(17-13-5-4-6-16(13)26-19(17)21-10)23-12-7-8-15(25-3)14(9-12)22-11(2)24/h7-9H,4-6H2,1-3H3,(H,22,24)(H,20,21,23). The lowest BCUT2D eigenvalue weighted by Gasteiger charge is -2.13. The molecule has 3 aromatic rings. The third kappa shape index (κ3) is 2.99. The Kier molecular flexibility index (Phi) is 4.24. The number of methoxy groups -OCH3 is 1. The van der Waals surface area contributed by atoms with Gasteiger partial charge in [-0.15, -0.1) is 11.3 Å². The summed E-state index contributed by atoms with van der Waals surface area (Å²) < 4.78 is 5.32. The molecule has 0 fully saturated rings. The molecule has 0 atom stereocenters. The van der Waals surface area contributed by atoms with Crippen molar-refractivity contribution in [3.63, 3.8) is 0 Å². The van der Waals surface area contributed by atoms with Crippen molar-refractivity contribution >= 4 is 44.7 Å². The fraction of sp³-hybridized carbons (Fsp3) is 0.316. The number of nitrogens with one attached hydrogen (secondary N) is 2. The molecular weight excluding hydrogens is 348 g/mol. The maximum Gasteiger partial charge on any atom is 0.221 e. The van der Waals surface area contributed by atoms with Crippen LogP contribution in [-0.4, -0.2) is 23.0 Å². The van der Waals surface area contributed by atoms with Gasteiger partial charge in [-0.2, -0.15) is 0 Å². The lowest BCUT2D eigenvalue weighted by atomic mass is 10.2. The summed E-state index contributed by atoms with van der Waals surface area (Å²) in [5, 5.41) is 7.35. The summed E-state index contributed by atoms with van der Waals surface area (Å²) >= 11 is 1.77. The predicted octanol–water partition coefficient (Wildman–Crippen LogP) is 4.20. The molecule has 26 heavy (non-hydrogen) atoms. The summed E-state index contributed by atoms with van der Waals surface area (Å²) in [5.41, 5.74) is 2.84. The molecule has 0 bridgehead atoms. The van der Waals surface area contributed by atoms with Crippen molar-refractivity contribution in [2.24, 2.45) is 0 Å². The van der Waals surface area contributed by atoms with Crippen LogP contribution in [0.2, 0.25) is 0 Å². The molecule has 6 nitrogen and oxygen atoms in total. The molecule has 1 aromatic carbocycles. The molecule has 0 aliphatic heterocycles. The minimum Gasteiger partial charge on any atom is -0.495 e. The largest absolute Gasteiger partial charge is 0.495 e. The van der Waals surface area contributed by atoms with Gasteiger partial charge in [-0.25, -0.2) is 9.97 Å². The fourth-order valence-corrected chi connectivity index (χ4v) is 4.71. The second-order valence-corrected chi connectivity index (χ2v) is 7.46. The number of carbonyl (C=O) groups excluding carboxylic acids is 1. The Hall–Kier alpha value is -2.67. The van der Waals surface area contributed by atoms with E-state index in [-0.39, 0.29) is 5.91 Å². The zero-order chi connectivity index (χ0) is 18.3. The molecule has 4 rings (SSSR count). The topological polar surface area (TPSA) is 76.1 Å². The summed E-state index contributed by atoms with van der Waals surface area (Å²) in [6.45, 7) is 3.39. The number of rotatable bonds is 4. The van der Waals surface area contributed by atoms with E-state index >= 15 is 0 Å². The molecule has 1 amide bonds. The van der Waals surface area contributed by atoms with E-state index in [1.54, 1.807) is 18.4 Å².